The standard InChI is InChI=1S/C14H30N4O.HI/c1-6-15-14(17-10-9-16-13(5)19)18-12(4)8-7-11(2)3;/h11-12H,6-10H2,1-5H3,(H,16,19)(H2,15,17,18);1H. The van der Waals surface area contributed by atoms with Crippen LogP contribution in [0.5, 0.6) is 0 Å². The van der Waals surface area contributed by atoms with Gasteiger partial charge in [0.2, 0.25) is 5.91 Å². The molecule has 1 unspecified atom stereocenters. The van der Waals surface area contributed by atoms with Crippen LogP contribution in [0, 0.1) is 5.92 Å². The molecule has 3 N–H and O–H groups in total. The lowest BCUT2D eigenvalue weighted by Gasteiger charge is -2.18. The van der Waals surface area contributed by atoms with Crippen molar-refractivity contribution in [1.29, 1.82) is 0 Å². The number of rotatable bonds is 8. The van der Waals surface area contributed by atoms with Crippen LogP contribution in [-0.4, -0.2) is 37.5 Å². The van der Waals surface area contributed by atoms with Crippen LogP contribution in [0.4, 0.5) is 0 Å². The summed E-state index contributed by atoms with van der Waals surface area (Å²) in [6.45, 7) is 12.2. The molecule has 0 aliphatic heterocycles. The molecule has 0 heterocycles. The molecule has 0 saturated carbocycles. The number of guanidine groups is 1. The van der Waals surface area contributed by atoms with E-state index in [-0.39, 0.29) is 29.9 Å². The second-order valence-corrected chi connectivity index (χ2v) is 5.26. The highest BCUT2D eigenvalue weighted by Gasteiger charge is 2.05. The van der Waals surface area contributed by atoms with Crippen molar-refractivity contribution < 1.29 is 4.79 Å². The summed E-state index contributed by atoms with van der Waals surface area (Å²) in [6.07, 6.45) is 2.34. The molecule has 0 aliphatic rings. The van der Waals surface area contributed by atoms with Crippen LogP contribution in [0.3, 0.4) is 0 Å². The van der Waals surface area contributed by atoms with Crippen LogP contribution in [0.1, 0.15) is 47.5 Å². The summed E-state index contributed by atoms with van der Waals surface area (Å²) in [4.78, 5) is 15.2. The zero-order valence-electron chi connectivity index (χ0n) is 13.5. The Morgan fingerprint density at radius 2 is 1.80 bits per heavy atom. The Balaban J connectivity index is 0. The van der Waals surface area contributed by atoms with Crippen LogP contribution in [-0.2, 0) is 4.79 Å². The van der Waals surface area contributed by atoms with Crippen molar-refractivity contribution in [3.05, 3.63) is 0 Å². The van der Waals surface area contributed by atoms with Crippen LogP contribution < -0.4 is 16.0 Å². The van der Waals surface area contributed by atoms with Gasteiger partial charge >= 0.3 is 0 Å². The summed E-state index contributed by atoms with van der Waals surface area (Å²) in [5.41, 5.74) is 0. The highest BCUT2D eigenvalue weighted by Crippen LogP contribution is 2.06. The first-order valence-corrected chi connectivity index (χ1v) is 7.25. The van der Waals surface area contributed by atoms with Gasteiger partial charge in [-0.2, -0.15) is 0 Å². The zero-order chi connectivity index (χ0) is 14.7. The lowest BCUT2D eigenvalue weighted by Crippen LogP contribution is -2.42. The highest BCUT2D eigenvalue weighted by molar-refractivity contribution is 14.0. The van der Waals surface area contributed by atoms with Gasteiger partial charge in [-0.05, 0) is 32.6 Å². The average Bonchev–Trinajstić information content (AvgIpc) is 2.32. The second kappa shape index (κ2) is 13.5. The van der Waals surface area contributed by atoms with Crippen LogP contribution in [0.2, 0.25) is 0 Å². The quantitative estimate of drug-likeness (QED) is 0.254. The largest absolute Gasteiger partial charge is 0.357 e. The number of carbonyl (C=O) groups is 1. The molecule has 0 saturated heterocycles. The molecule has 0 aromatic carbocycles. The van der Waals surface area contributed by atoms with E-state index in [1.165, 1.54) is 13.3 Å². The predicted molar refractivity (Wildman–Crippen MR) is 96.7 cm³/mol. The van der Waals surface area contributed by atoms with E-state index in [1.54, 1.807) is 0 Å². The molecule has 1 atom stereocenters. The minimum absolute atomic E-state index is 0. The summed E-state index contributed by atoms with van der Waals surface area (Å²) < 4.78 is 0. The van der Waals surface area contributed by atoms with Gasteiger partial charge in [0, 0.05) is 26.1 Å². The number of hydrogen-bond donors (Lipinski definition) is 3. The molecule has 20 heavy (non-hydrogen) atoms. The highest BCUT2D eigenvalue weighted by atomic mass is 127. The van der Waals surface area contributed by atoms with Crippen LogP contribution in [0.25, 0.3) is 0 Å². The molecule has 0 fully saturated rings. The van der Waals surface area contributed by atoms with Crippen molar-refractivity contribution in [2.45, 2.75) is 53.5 Å². The number of nitrogens with one attached hydrogen (secondary N) is 3. The minimum Gasteiger partial charge on any atom is -0.357 e. The molecular formula is C14H31IN4O. The first-order chi connectivity index (χ1) is 8.95. The number of halogens is 1. The molecule has 120 valence electrons. The van der Waals surface area contributed by atoms with Gasteiger partial charge < -0.3 is 16.0 Å². The van der Waals surface area contributed by atoms with Crippen LogP contribution in [0.15, 0.2) is 4.99 Å². The monoisotopic (exact) mass is 398 g/mol. The van der Waals surface area contributed by atoms with Crippen molar-refractivity contribution in [3.63, 3.8) is 0 Å². The molecule has 0 rings (SSSR count). The van der Waals surface area contributed by atoms with Gasteiger partial charge in [-0.1, -0.05) is 13.8 Å². The van der Waals surface area contributed by atoms with E-state index >= 15 is 0 Å². The first-order valence-electron chi connectivity index (χ1n) is 7.25. The molecule has 1 amide bonds. The van der Waals surface area contributed by atoms with E-state index in [4.69, 9.17) is 0 Å². The maximum Gasteiger partial charge on any atom is 0.216 e. The van der Waals surface area contributed by atoms with E-state index in [0.717, 1.165) is 24.8 Å². The summed E-state index contributed by atoms with van der Waals surface area (Å²) in [5, 5.41) is 9.34. The smallest absolute Gasteiger partial charge is 0.216 e. The van der Waals surface area contributed by atoms with Gasteiger partial charge in [0.25, 0.3) is 0 Å². The number of nitrogens with zero attached hydrogens (tertiary/aromatic N) is 1. The minimum atomic E-state index is -0.0153. The molecule has 6 heteroatoms. The van der Waals surface area contributed by atoms with E-state index < -0.39 is 0 Å². The van der Waals surface area contributed by atoms with Crippen molar-refractivity contribution in [2.24, 2.45) is 10.9 Å². The van der Waals surface area contributed by atoms with E-state index in [9.17, 15) is 4.79 Å². The van der Waals surface area contributed by atoms with Gasteiger partial charge in [0.05, 0.1) is 6.54 Å². The zero-order valence-corrected chi connectivity index (χ0v) is 15.8. The topological polar surface area (TPSA) is 65.5 Å². The molecule has 0 aromatic heterocycles. The molecular weight excluding hydrogens is 367 g/mol. The second-order valence-electron chi connectivity index (χ2n) is 5.26. The molecule has 0 aliphatic carbocycles. The number of carbonyl (C=O) groups excluding carboxylic acids is 1. The Labute approximate surface area is 140 Å². The maximum atomic E-state index is 10.8. The number of aliphatic imine (C=N–C) groups is 1. The summed E-state index contributed by atoms with van der Waals surface area (Å²) in [7, 11) is 0. The Hall–Kier alpha value is -0.530. The summed E-state index contributed by atoms with van der Waals surface area (Å²) in [5.74, 6) is 1.53. The van der Waals surface area contributed by atoms with Crippen molar-refractivity contribution in [3.8, 4) is 0 Å². The third-order valence-corrected chi connectivity index (χ3v) is 2.66. The molecule has 0 aromatic rings. The summed E-state index contributed by atoms with van der Waals surface area (Å²) >= 11 is 0. The predicted octanol–water partition coefficient (Wildman–Crippen LogP) is 2.12. The maximum absolute atomic E-state index is 10.8. The third kappa shape index (κ3) is 13.9. The van der Waals surface area contributed by atoms with Crippen molar-refractivity contribution in [2.75, 3.05) is 19.6 Å². The number of amides is 1. The van der Waals surface area contributed by atoms with Crippen molar-refractivity contribution >= 4 is 35.8 Å². The Kier molecular flexibility index (Phi) is 14.6. The average molecular weight is 398 g/mol. The summed E-state index contributed by atoms with van der Waals surface area (Å²) in [6, 6.07) is 0.404. The Bertz CT molecular complexity index is 282. The fourth-order valence-electron chi connectivity index (χ4n) is 1.61. The Morgan fingerprint density at radius 1 is 1.15 bits per heavy atom. The first kappa shape index (κ1) is 21.8. The van der Waals surface area contributed by atoms with Gasteiger partial charge in [-0.25, -0.2) is 0 Å². The molecule has 0 radical (unpaired) electrons. The lowest BCUT2D eigenvalue weighted by molar-refractivity contribution is -0.118. The van der Waals surface area contributed by atoms with Gasteiger partial charge in [0.15, 0.2) is 5.96 Å². The van der Waals surface area contributed by atoms with E-state index in [1.807, 2.05) is 6.92 Å². The number of hydrogen-bond acceptors (Lipinski definition) is 2. The SMILES string of the molecule is CCNC(=NCCNC(C)=O)NC(C)CCC(C)C.I. The van der Waals surface area contributed by atoms with Crippen LogP contribution >= 0.6 is 24.0 Å². The Morgan fingerprint density at radius 3 is 2.30 bits per heavy atom. The lowest BCUT2D eigenvalue weighted by atomic mass is 10.0. The normalized spacial score (nSPS) is 12.6. The van der Waals surface area contributed by atoms with Gasteiger partial charge in [-0.3, -0.25) is 9.79 Å². The van der Waals surface area contributed by atoms with E-state index in [0.29, 0.717) is 19.1 Å². The van der Waals surface area contributed by atoms with Gasteiger partial charge in [-0.15, -0.1) is 24.0 Å². The molecule has 0 bridgehead atoms. The molecule has 0 spiro atoms. The fourth-order valence-corrected chi connectivity index (χ4v) is 1.61. The fraction of sp³-hybridized carbons (Fsp3) is 0.857. The van der Waals surface area contributed by atoms with Crippen molar-refractivity contribution in [1.82, 2.24) is 16.0 Å². The molecule has 5 nitrogen and oxygen atoms in total. The van der Waals surface area contributed by atoms with Gasteiger partial charge in [0.1, 0.15) is 0 Å². The van der Waals surface area contributed by atoms with E-state index in [2.05, 4.69) is 41.7 Å². The third-order valence-electron chi connectivity index (χ3n) is 2.66.